The number of amides is 1. The van der Waals surface area contributed by atoms with E-state index < -0.39 is 0 Å². The zero-order valence-electron chi connectivity index (χ0n) is 15.2. The molecule has 0 saturated heterocycles. The van der Waals surface area contributed by atoms with E-state index in [4.69, 9.17) is 0 Å². The SMILES string of the molecule is CCN(CC)Cc1ccc(C(=O)N(CC)c2cccc(C)c2)cc1. The molecule has 128 valence electrons. The van der Waals surface area contributed by atoms with Crippen LogP contribution >= 0.6 is 0 Å². The lowest BCUT2D eigenvalue weighted by Crippen LogP contribution is -2.30. The Hall–Kier alpha value is -2.13. The Morgan fingerprint density at radius 3 is 2.12 bits per heavy atom. The molecule has 0 fully saturated rings. The minimum absolute atomic E-state index is 0.0532. The van der Waals surface area contributed by atoms with Gasteiger partial charge in [-0.15, -0.1) is 0 Å². The van der Waals surface area contributed by atoms with Gasteiger partial charge < -0.3 is 4.90 Å². The van der Waals surface area contributed by atoms with Crippen LogP contribution < -0.4 is 4.90 Å². The van der Waals surface area contributed by atoms with E-state index in [0.717, 1.165) is 36.4 Å². The summed E-state index contributed by atoms with van der Waals surface area (Å²) in [5, 5.41) is 0. The summed E-state index contributed by atoms with van der Waals surface area (Å²) in [5.74, 6) is 0.0532. The first-order chi connectivity index (χ1) is 11.6. The average molecular weight is 324 g/mol. The molecule has 0 atom stereocenters. The first-order valence-corrected chi connectivity index (χ1v) is 8.78. The largest absolute Gasteiger partial charge is 0.309 e. The van der Waals surface area contributed by atoms with Crippen molar-refractivity contribution < 1.29 is 4.79 Å². The smallest absolute Gasteiger partial charge is 0.258 e. The minimum atomic E-state index is 0.0532. The monoisotopic (exact) mass is 324 g/mol. The fourth-order valence-electron chi connectivity index (χ4n) is 2.85. The summed E-state index contributed by atoms with van der Waals surface area (Å²) in [5.41, 5.74) is 4.10. The van der Waals surface area contributed by atoms with Crippen LogP contribution in [-0.2, 0) is 6.54 Å². The molecule has 2 aromatic carbocycles. The van der Waals surface area contributed by atoms with Crippen molar-refractivity contribution in [1.82, 2.24) is 4.90 Å². The maximum atomic E-state index is 12.8. The Labute approximate surface area is 145 Å². The van der Waals surface area contributed by atoms with E-state index in [9.17, 15) is 4.79 Å². The fourth-order valence-corrected chi connectivity index (χ4v) is 2.85. The molecule has 2 aromatic rings. The minimum Gasteiger partial charge on any atom is -0.309 e. The van der Waals surface area contributed by atoms with E-state index >= 15 is 0 Å². The van der Waals surface area contributed by atoms with Crippen LogP contribution in [0.5, 0.6) is 0 Å². The summed E-state index contributed by atoms with van der Waals surface area (Å²) in [4.78, 5) is 17.0. The molecule has 0 aromatic heterocycles. The Kier molecular flexibility index (Phi) is 6.56. The summed E-state index contributed by atoms with van der Waals surface area (Å²) in [6, 6.07) is 16.1. The molecule has 3 nitrogen and oxygen atoms in total. The van der Waals surface area contributed by atoms with Gasteiger partial charge in [0.05, 0.1) is 0 Å². The highest BCUT2D eigenvalue weighted by atomic mass is 16.2. The molecule has 0 bridgehead atoms. The molecule has 0 saturated carbocycles. The third-order valence-corrected chi connectivity index (χ3v) is 4.38. The Morgan fingerprint density at radius 2 is 1.58 bits per heavy atom. The second-order valence-electron chi connectivity index (χ2n) is 6.05. The number of rotatable bonds is 7. The van der Waals surface area contributed by atoms with Gasteiger partial charge in [0, 0.05) is 24.3 Å². The van der Waals surface area contributed by atoms with Gasteiger partial charge in [-0.25, -0.2) is 0 Å². The third-order valence-electron chi connectivity index (χ3n) is 4.38. The standard InChI is InChI=1S/C21H28N2O/c1-5-22(6-2)16-18-11-13-19(14-12-18)21(24)23(7-3)20-10-8-9-17(4)15-20/h8-15H,5-7,16H2,1-4H3. The first-order valence-electron chi connectivity index (χ1n) is 8.78. The lowest BCUT2D eigenvalue weighted by molar-refractivity contribution is 0.0988. The molecular weight excluding hydrogens is 296 g/mol. The van der Waals surface area contributed by atoms with Gasteiger partial charge in [-0.1, -0.05) is 38.1 Å². The molecule has 0 aliphatic heterocycles. The van der Waals surface area contributed by atoms with Crippen molar-refractivity contribution in [2.45, 2.75) is 34.2 Å². The van der Waals surface area contributed by atoms with Crippen molar-refractivity contribution in [3.8, 4) is 0 Å². The molecule has 0 heterocycles. The van der Waals surface area contributed by atoms with Crippen LogP contribution in [0, 0.1) is 6.92 Å². The number of benzene rings is 2. The van der Waals surface area contributed by atoms with Crippen LogP contribution in [0.4, 0.5) is 5.69 Å². The number of carbonyl (C=O) groups excluding carboxylic acids is 1. The van der Waals surface area contributed by atoms with E-state index in [1.807, 2.05) is 49.1 Å². The number of hydrogen-bond donors (Lipinski definition) is 0. The van der Waals surface area contributed by atoms with Crippen molar-refractivity contribution in [2.75, 3.05) is 24.5 Å². The van der Waals surface area contributed by atoms with Crippen molar-refractivity contribution in [1.29, 1.82) is 0 Å². The quantitative estimate of drug-likeness (QED) is 0.748. The highest BCUT2D eigenvalue weighted by Crippen LogP contribution is 2.19. The zero-order chi connectivity index (χ0) is 17.5. The number of anilines is 1. The van der Waals surface area contributed by atoms with Crippen molar-refractivity contribution in [3.05, 3.63) is 65.2 Å². The molecule has 0 unspecified atom stereocenters. The van der Waals surface area contributed by atoms with E-state index in [-0.39, 0.29) is 5.91 Å². The topological polar surface area (TPSA) is 23.6 Å². The molecule has 1 amide bonds. The van der Waals surface area contributed by atoms with Crippen molar-refractivity contribution in [3.63, 3.8) is 0 Å². The van der Waals surface area contributed by atoms with Gasteiger partial charge in [0.25, 0.3) is 5.91 Å². The maximum absolute atomic E-state index is 12.8. The Morgan fingerprint density at radius 1 is 0.917 bits per heavy atom. The number of carbonyl (C=O) groups is 1. The third kappa shape index (κ3) is 4.45. The Bertz CT molecular complexity index is 660. The lowest BCUT2D eigenvalue weighted by Gasteiger charge is -2.22. The predicted molar refractivity (Wildman–Crippen MR) is 102 cm³/mol. The molecule has 2 rings (SSSR count). The fraction of sp³-hybridized carbons (Fsp3) is 0.381. The Balaban J connectivity index is 2.16. The van der Waals surface area contributed by atoms with Gasteiger partial charge in [-0.2, -0.15) is 0 Å². The molecule has 0 spiro atoms. The molecule has 0 radical (unpaired) electrons. The first kappa shape index (κ1) is 18.2. The van der Waals surface area contributed by atoms with Crippen LogP contribution in [-0.4, -0.2) is 30.4 Å². The summed E-state index contributed by atoms with van der Waals surface area (Å²) in [6.07, 6.45) is 0. The van der Waals surface area contributed by atoms with Gasteiger partial charge >= 0.3 is 0 Å². The van der Waals surface area contributed by atoms with E-state index in [2.05, 4.69) is 36.9 Å². The molecule has 0 aliphatic rings. The normalized spacial score (nSPS) is 10.9. The second kappa shape index (κ2) is 8.65. The van der Waals surface area contributed by atoms with Gasteiger partial charge in [-0.3, -0.25) is 9.69 Å². The highest BCUT2D eigenvalue weighted by Gasteiger charge is 2.16. The summed E-state index contributed by atoms with van der Waals surface area (Å²) < 4.78 is 0. The summed E-state index contributed by atoms with van der Waals surface area (Å²) >= 11 is 0. The van der Waals surface area contributed by atoms with E-state index in [1.165, 1.54) is 5.56 Å². The molecule has 3 heteroatoms. The van der Waals surface area contributed by atoms with Crippen LogP contribution in [0.15, 0.2) is 48.5 Å². The second-order valence-corrected chi connectivity index (χ2v) is 6.05. The number of aryl methyl sites for hydroxylation is 1. The van der Waals surface area contributed by atoms with Crippen LogP contribution in [0.1, 0.15) is 42.3 Å². The number of hydrogen-bond acceptors (Lipinski definition) is 2. The highest BCUT2D eigenvalue weighted by molar-refractivity contribution is 6.06. The van der Waals surface area contributed by atoms with Gasteiger partial charge in [0.1, 0.15) is 0 Å². The lowest BCUT2D eigenvalue weighted by atomic mass is 10.1. The van der Waals surface area contributed by atoms with E-state index in [1.54, 1.807) is 0 Å². The van der Waals surface area contributed by atoms with Crippen LogP contribution in [0.2, 0.25) is 0 Å². The van der Waals surface area contributed by atoms with Crippen molar-refractivity contribution >= 4 is 11.6 Å². The summed E-state index contributed by atoms with van der Waals surface area (Å²) in [6.45, 7) is 12.0. The predicted octanol–water partition coefficient (Wildman–Crippen LogP) is 4.50. The number of nitrogens with zero attached hydrogens (tertiary/aromatic N) is 2. The molecule has 0 aliphatic carbocycles. The maximum Gasteiger partial charge on any atom is 0.258 e. The van der Waals surface area contributed by atoms with E-state index in [0.29, 0.717) is 6.54 Å². The van der Waals surface area contributed by atoms with Crippen LogP contribution in [0.3, 0.4) is 0 Å². The van der Waals surface area contributed by atoms with Crippen molar-refractivity contribution in [2.24, 2.45) is 0 Å². The average Bonchev–Trinajstić information content (AvgIpc) is 2.61. The molecular formula is C21H28N2O. The zero-order valence-corrected chi connectivity index (χ0v) is 15.2. The van der Waals surface area contributed by atoms with Gasteiger partial charge in [-0.05, 0) is 62.3 Å². The van der Waals surface area contributed by atoms with Gasteiger partial charge in [0.2, 0.25) is 0 Å². The van der Waals surface area contributed by atoms with Crippen LogP contribution in [0.25, 0.3) is 0 Å². The molecule has 0 N–H and O–H groups in total. The molecule has 24 heavy (non-hydrogen) atoms. The summed E-state index contributed by atoms with van der Waals surface area (Å²) in [7, 11) is 0. The van der Waals surface area contributed by atoms with Gasteiger partial charge in [0.15, 0.2) is 0 Å².